The monoisotopic (exact) mass is 272 g/mol. The third-order valence-corrected chi connectivity index (χ3v) is 3.36. The van der Waals surface area contributed by atoms with Gasteiger partial charge in [-0.15, -0.1) is 0 Å². The normalized spacial score (nSPS) is 10.8. The van der Waals surface area contributed by atoms with Gasteiger partial charge in [-0.25, -0.2) is 4.39 Å². The largest absolute Gasteiger partial charge is 0.313 e. The molecule has 2 nitrogen and oxygen atoms in total. The van der Waals surface area contributed by atoms with Crippen molar-refractivity contribution < 1.29 is 4.39 Å². The van der Waals surface area contributed by atoms with E-state index in [0.29, 0.717) is 18.5 Å². The maximum absolute atomic E-state index is 14.1. The predicted octanol–water partition coefficient (Wildman–Crippen LogP) is 3.48. The van der Waals surface area contributed by atoms with Gasteiger partial charge in [0, 0.05) is 24.9 Å². The average Bonchev–Trinajstić information content (AvgIpc) is 2.48. The predicted molar refractivity (Wildman–Crippen MR) is 80.2 cm³/mol. The van der Waals surface area contributed by atoms with Gasteiger partial charge in [-0.05, 0) is 41.8 Å². The van der Waals surface area contributed by atoms with Crippen LogP contribution in [0.3, 0.4) is 0 Å². The number of nitrogens with one attached hydrogen (secondary N) is 1. The molecular weight excluding hydrogens is 251 g/mol. The Balaban J connectivity index is 2.08. The van der Waals surface area contributed by atoms with Gasteiger partial charge in [0.25, 0.3) is 0 Å². The molecule has 1 N–H and O–H groups in total. The van der Waals surface area contributed by atoms with E-state index in [1.807, 2.05) is 31.3 Å². The zero-order valence-electron chi connectivity index (χ0n) is 12.1. The maximum Gasteiger partial charge on any atom is 0.127 e. The fraction of sp³-hybridized carbons (Fsp3) is 0.353. The molecule has 20 heavy (non-hydrogen) atoms. The molecule has 2 rings (SSSR count). The summed E-state index contributed by atoms with van der Waals surface area (Å²) in [7, 11) is 0. The van der Waals surface area contributed by atoms with Crippen LogP contribution in [0.5, 0.6) is 0 Å². The fourth-order valence-corrected chi connectivity index (χ4v) is 2.08. The summed E-state index contributed by atoms with van der Waals surface area (Å²) in [4.78, 5) is 4.38. The smallest absolute Gasteiger partial charge is 0.127 e. The molecule has 0 saturated heterocycles. The maximum atomic E-state index is 14.1. The number of nitrogens with zero attached hydrogens (tertiary/aromatic N) is 1. The Bertz CT molecular complexity index is 549. The highest BCUT2D eigenvalue weighted by Crippen LogP contribution is 2.14. The van der Waals surface area contributed by atoms with E-state index >= 15 is 0 Å². The minimum atomic E-state index is -0.151. The van der Waals surface area contributed by atoms with Crippen molar-refractivity contribution in [2.24, 2.45) is 0 Å². The molecular formula is C17H21FN2. The van der Waals surface area contributed by atoms with Crippen molar-refractivity contribution in [1.82, 2.24) is 10.3 Å². The molecule has 0 bridgehead atoms. The van der Waals surface area contributed by atoms with E-state index in [-0.39, 0.29) is 5.82 Å². The van der Waals surface area contributed by atoms with Gasteiger partial charge in [-0.1, -0.05) is 32.0 Å². The quantitative estimate of drug-likeness (QED) is 0.870. The molecule has 1 aromatic carbocycles. The summed E-state index contributed by atoms with van der Waals surface area (Å²) in [6.07, 6.45) is 3.38. The summed E-state index contributed by atoms with van der Waals surface area (Å²) in [5.74, 6) is -0.151. The number of halogens is 1. The van der Waals surface area contributed by atoms with Crippen LogP contribution >= 0.6 is 0 Å². The third-order valence-electron chi connectivity index (χ3n) is 3.36. The molecule has 106 valence electrons. The van der Waals surface area contributed by atoms with Crippen LogP contribution in [0.25, 0.3) is 0 Å². The summed E-state index contributed by atoms with van der Waals surface area (Å²) in [6.45, 7) is 5.73. The van der Waals surface area contributed by atoms with E-state index in [4.69, 9.17) is 0 Å². The summed E-state index contributed by atoms with van der Waals surface area (Å²) >= 11 is 0. The number of pyridine rings is 1. The first-order valence-corrected chi connectivity index (χ1v) is 7.14. The Kier molecular flexibility index (Phi) is 5.24. The Labute approximate surface area is 120 Å². The average molecular weight is 272 g/mol. The number of aryl methyl sites for hydroxylation is 1. The van der Waals surface area contributed by atoms with Crippen LogP contribution in [0.15, 0.2) is 36.5 Å². The van der Waals surface area contributed by atoms with Crippen LogP contribution in [0.1, 0.15) is 36.2 Å². The van der Waals surface area contributed by atoms with Gasteiger partial charge < -0.3 is 5.32 Å². The molecule has 1 aromatic heterocycles. The highest BCUT2D eigenvalue weighted by atomic mass is 19.1. The molecule has 0 aliphatic rings. The number of benzene rings is 1. The molecule has 0 fully saturated rings. The van der Waals surface area contributed by atoms with Gasteiger partial charge >= 0.3 is 0 Å². The highest BCUT2D eigenvalue weighted by Gasteiger charge is 2.05. The number of rotatable bonds is 6. The zero-order chi connectivity index (χ0) is 14.4. The minimum absolute atomic E-state index is 0.151. The van der Waals surface area contributed by atoms with Crippen LogP contribution < -0.4 is 5.32 Å². The van der Waals surface area contributed by atoms with Crippen molar-refractivity contribution in [2.45, 2.75) is 33.2 Å². The van der Waals surface area contributed by atoms with Crippen molar-refractivity contribution in [3.8, 4) is 0 Å². The number of hydrogen-bond donors (Lipinski definition) is 1. The second-order valence-corrected chi connectivity index (χ2v) is 4.89. The Morgan fingerprint density at radius 2 is 1.90 bits per heavy atom. The first-order valence-electron chi connectivity index (χ1n) is 7.14. The lowest BCUT2D eigenvalue weighted by Gasteiger charge is -2.07. The van der Waals surface area contributed by atoms with Crippen molar-refractivity contribution in [1.29, 1.82) is 0 Å². The van der Waals surface area contributed by atoms with Crippen LogP contribution in [0, 0.1) is 5.82 Å². The Morgan fingerprint density at radius 3 is 2.50 bits per heavy atom. The van der Waals surface area contributed by atoms with Crippen molar-refractivity contribution in [2.75, 3.05) is 6.54 Å². The van der Waals surface area contributed by atoms with E-state index in [0.717, 1.165) is 24.2 Å². The van der Waals surface area contributed by atoms with Gasteiger partial charge in [0.05, 0.1) is 0 Å². The van der Waals surface area contributed by atoms with Crippen LogP contribution in [0.2, 0.25) is 0 Å². The summed E-state index contributed by atoms with van der Waals surface area (Å²) < 4.78 is 14.1. The zero-order valence-corrected chi connectivity index (χ0v) is 12.1. The molecule has 1 heterocycles. The van der Waals surface area contributed by atoms with E-state index in [9.17, 15) is 4.39 Å². The lowest BCUT2D eigenvalue weighted by molar-refractivity contribution is 0.607. The number of aromatic nitrogens is 1. The molecule has 0 unspecified atom stereocenters. The highest BCUT2D eigenvalue weighted by molar-refractivity contribution is 5.28. The molecule has 3 heteroatoms. The number of hydrogen-bond acceptors (Lipinski definition) is 2. The molecule has 0 atom stereocenters. The van der Waals surface area contributed by atoms with Gasteiger partial charge in [-0.2, -0.15) is 0 Å². The van der Waals surface area contributed by atoms with Gasteiger partial charge in [0.15, 0.2) is 0 Å². The van der Waals surface area contributed by atoms with Gasteiger partial charge in [0.2, 0.25) is 0 Å². The Hall–Kier alpha value is -1.74. The van der Waals surface area contributed by atoms with Crippen LogP contribution in [-0.4, -0.2) is 11.5 Å². The molecule has 0 spiro atoms. The molecule has 0 amide bonds. The second-order valence-electron chi connectivity index (χ2n) is 4.89. The lowest BCUT2D eigenvalue weighted by Crippen LogP contribution is -2.12. The summed E-state index contributed by atoms with van der Waals surface area (Å²) in [5, 5.41) is 3.19. The summed E-state index contributed by atoms with van der Waals surface area (Å²) in [5.41, 5.74) is 3.78. The molecule has 0 aliphatic heterocycles. The summed E-state index contributed by atoms with van der Waals surface area (Å²) in [6, 6.07) is 9.47. The second kappa shape index (κ2) is 7.15. The van der Waals surface area contributed by atoms with E-state index in [1.54, 1.807) is 6.07 Å². The fourth-order valence-electron chi connectivity index (χ4n) is 2.08. The van der Waals surface area contributed by atoms with Gasteiger partial charge in [-0.3, -0.25) is 4.98 Å². The van der Waals surface area contributed by atoms with E-state index in [1.165, 1.54) is 5.56 Å². The van der Waals surface area contributed by atoms with Crippen molar-refractivity contribution in [3.05, 3.63) is 64.7 Å². The third kappa shape index (κ3) is 3.87. The topological polar surface area (TPSA) is 24.9 Å². The molecule has 0 saturated carbocycles. The lowest BCUT2D eigenvalue weighted by atomic mass is 10.1. The Morgan fingerprint density at radius 1 is 1.10 bits per heavy atom. The van der Waals surface area contributed by atoms with Crippen LogP contribution in [0.4, 0.5) is 4.39 Å². The molecule has 0 aliphatic carbocycles. The van der Waals surface area contributed by atoms with E-state index < -0.39 is 0 Å². The minimum Gasteiger partial charge on any atom is -0.313 e. The van der Waals surface area contributed by atoms with E-state index in [2.05, 4.69) is 23.3 Å². The first kappa shape index (κ1) is 14.7. The SMILES string of the molecule is CCNCc1ccc(Cc2ccc(CC)cn2)c(F)c1. The van der Waals surface area contributed by atoms with Crippen LogP contribution in [-0.2, 0) is 19.4 Å². The van der Waals surface area contributed by atoms with Crippen molar-refractivity contribution in [3.63, 3.8) is 0 Å². The van der Waals surface area contributed by atoms with Crippen molar-refractivity contribution >= 4 is 0 Å². The standard InChI is InChI=1S/C17H21FN2/c1-3-13-6-8-16(20-12-13)10-15-7-5-14(9-17(15)18)11-19-4-2/h5-9,12,19H,3-4,10-11H2,1-2H3. The van der Waals surface area contributed by atoms with Gasteiger partial charge in [0.1, 0.15) is 5.82 Å². The molecule has 2 aromatic rings. The molecule has 0 radical (unpaired) electrons. The first-order chi connectivity index (χ1) is 9.72.